The molecular formula is C52H99NO5. The Balaban J connectivity index is 3.48. The van der Waals surface area contributed by atoms with Crippen LogP contribution in [0.3, 0.4) is 0 Å². The number of aliphatic hydroxyl groups excluding tert-OH is 2. The zero-order valence-corrected chi connectivity index (χ0v) is 38.8. The lowest BCUT2D eigenvalue weighted by atomic mass is 10.0. The van der Waals surface area contributed by atoms with Crippen molar-refractivity contribution < 1.29 is 24.5 Å². The maximum Gasteiger partial charge on any atom is 0.305 e. The number of esters is 1. The number of ether oxygens (including phenoxy) is 1. The average molecular weight is 818 g/mol. The van der Waals surface area contributed by atoms with Crippen LogP contribution >= 0.6 is 0 Å². The Kier molecular flexibility index (Phi) is 46.6. The highest BCUT2D eigenvalue weighted by molar-refractivity contribution is 5.76. The molecule has 0 saturated carbocycles. The van der Waals surface area contributed by atoms with E-state index in [4.69, 9.17) is 4.74 Å². The van der Waals surface area contributed by atoms with E-state index in [9.17, 15) is 19.8 Å². The Morgan fingerprint density at radius 1 is 0.466 bits per heavy atom. The van der Waals surface area contributed by atoms with E-state index in [-0.39, 0.29) is 18.5 Å². The lowest BCUT2D eigenvalue weighted by Crippen LogP contribution is -2.45. The summed E-state index contributed by atoms with van der Waals surface area (Å²) in [4.78, 5) is 24.4. The highest BCUT2D eigenvalue weighted by atomic mass is 16.5. The lowest BCUT2D eigenvalue weighted by molar-refractivity contribution is -0.143. The number of carbonyl (C=O) groups is 2. The summed E-state index contributed by atoms with van der Waals surface area (Å²) in [5.41, 5.74) is 0. The van der Waals surface area contributed by atoms with Gasteiger partial charge in [0.05, 0.1) is 25.4 Å². The van der Waals surface area contributed by atoms with Crippen LogP contribution in [0.15, 0.2) is 24.3 Å². The number of amides is 1. The molecule has 3 N–H and O–H groups in total. The normalized spacial score (nSPS) is 12.8. The number of unbranched alkanes of at least 4 members (excludes halogenated alkanes) is 34. The summed E-state index contributed by atoms with van der Waals surface area (Å²) in [5, 5.41) is 23.0. The lowest BCUT2D eigenvalue weighted by Gasteiger charge is -2.20. The van der Waals surface area contributed by atoms with Gasteiger partial charge in [0.1, 0.15) is 0 Å². The molecule has 1 amide bonds. The molecule has 0 spiro atoms. The molecule has 0 aromatic carbocycles. The number of hydrogen-bond acceptors (Lipinski definition) is 5. The van der Waals surface area contributed by atoms with Gasteiger partial charge < -0.3 is 20.3 Å². The third kappa shape index (κ3) is 43.9. The minimum absolute atomic E-state index is 0.00255. The smallest absolute Gasteiger partial charge is 0.305 e. The largest absolute Gasteiger partial charge is 0.466 e. The van der Waals surface area contributed by atoms with E-state index >= 15 is 0 Å². The molecule has 6 nitrogen and oxygen atoms in total. The van der Waals surface area contributed by atoms with Gasteiger partial charge in [-0.3, -0.25) is 9.59 Å². The quantitative estimate of drug-likeness (QED) is 0.0323. The molecular weight excluding hydrogens is 719 g/mol. The van der Waals surface area contributed by atoms with Crippen LogP contribution in [0.4, 0.5) is 0 Å². The summed E-state index contributed by atoms with van der Waals surface area (Å²) in [7, 11) is 0. The number of hydrogen-bond donors (Lipinski definition) is 3. The van der Waals surface area contributed by atoms with E-state index in [0.29, 0.717) is 19.4 Å². The first-order valence-electron chi connectivity index (χ1n) is 25.6. The van der Waals surface area contributed by atoms with Gasteiger partial charge in [-0.1, -0.05) is 224 Å². The van der Waals surface area contributed by atoms with E-state index in [1.807, 2.05) is 6.08 Å². The van der Waals surface area contributed by atoms with E-state index in [0.717, 1.165) is 57.8 Å². The van der Waals surface area contributed by atoms with Gasteiger partial charge in [-0.2, -0.15) is 0 Å². The second-order valence-electron chi connectivity index (χ2n) is 17.5. The van der Waals surface area contributed by atoms with Crippen molar-refractivity contribution in [3.63, 3.8) is 0 Å². The van der Waals surface area contributed by atoms with Crippen LogP contribution < -0.4 is 5.32 Å². The van der Waals surface area contributed by atoms with Gasteiger partial charge in [0.25, 0.3) is 0 Å². The fourth-order valence-corrected chi connectivity index (χ4v) is 7.74. The Hall–Kier alpha value is -1.66. The maximum absolute atomic E-state index is 12.4. The number of carbonyl (C=O) groups excluding carboxylic acids is 2. The van der Waals surface area contributed by atoms with E-state index in [1.54, 1.807) is 6.08 Å². The highest BCUT2D eigenvalue weighted by Crippen LogP contribution is 2.15. The molecule has 0 aliphatic rings. The molecule has 0 radical (unpaired) electrons. The number of allylic oxidation sites excluding steroid dienone is 3. The van der Waals surface area contributed by atoms with Crippen molar-refractivity contribution in [3.05, 3.63) is 24.3 Å². The summed E-state index contributed by atoms with van der Waals surface area (Å²) in [6, 6.07) is -0.635. The van der Waals surface area contributed by atoms with Crippen LogP contribution in [-0.4, -0.2) is 47.4 Å². The monoisotopic (exact) mass is 818 g/mol. The second kappa shape index (κ2) is 48.0. The first-order chi connectivity index (χ1) is 28.5. The number of aliphatic hydroxyl groups is 2. The van der Waals surface area contributed by atoms with Crippen molar-refractivity contribution >= 4 is 11.9 Å². The van der Waals surface area contributed by atoms with Crippen LogP contribution in [0.25, 0.3) is 0 Å². The van der Waals surface area contributed by atoms with Crippen molar-refractivity contribution in [2.75, 3.05) is 13.2 Å². The van der Waals surface area contributed by atoms with Gasteiger partial charge in [0, 0.05) is 12.8 Å². The Morgan fingerprint density at radius 2 is 0.810 bits per heavy atom. The Bertz CT molecular complexity index is 904. The molecule has 0 fully saturated rings. The first kappa shape index (κ1) is 56.3. The molecule has 0 rings (SSSR count). The summed E-state index contributed by atoms with van der Waals surface area (Å²) < 4.78 is 5.45. The topological polar surface area (TPSA) is 95.9 Å². The minimum atomic E-state index is -0.850. The first-order valence-corrected chi connectivity index (χ1v) is 25.6. The molecule has 0 heterocycles. The second-order valence-corrected chi connectivity index (χ2v) is 17.5. The number of nitrogens with one attached hydrogen (secondary N) is 1. The molecule has 2 atom stereocenters. The fraction of sp³-hybridized carbons (Fsp3) is 0.885. The van der Waals surface area contributed by atoms with Crippen LogP contribution in [-0.2, 0) is 14.3 Å². The van der Waals surface area contributed by atoms with Gasteiger partial charge in [0.15, 0.2) is 0 Å². The summed E-state index contributed by atoms with van der Waals surface area (Å²) in [5.74, 6) is -0.0835. The molecule has 0 bridgehead atoms. The van der Waals surface area contributed by atoms with Crippen LogP contribution in [0.5, 0.6) is 0 Å². The van der Waals surface area contributed by atoms with Gasteiger partial charge in [0.2, 0.25) is 5.91 Å². The zero-order valence-electron chi connectivity index (χ0n) is 38.8. The maximum atomic E-state index is 12.4. The van der Waals surface area contributed by atoms with E-state index in [2.05, 4.69) is 31.3 Å². The molecule has 0 aliphatic heterocycles. The summed E-state index contributed by atoms with van der Waals surface area (Å²) >= 11 is 0. The molecule has 0 saturated heterocycles. The molecule has 2 unspecified atom stereocenters. The number of rotatable bonds is 47. The van der Waals surface area contributed by atoms with Crippen molar-refractivity contribution in [1.29, 1.82) is 0 Å². The highest BCUT2D eigenvalue weighted by Gasteiger charge is 2.18. The van der Waals surface area contributed by atoms with Gasteiger partial charge in [-0.15, -0.1) is 0 Å². The van der Waals surface area contributed by atoms with Gasteiger partial charge >= 0.3 is 5.97 Å². The fourth-order valence-electron chi connectivity index (χ4n) is 7.74. The zero-order chi connectivity index (χ0) is 42.3. The van der Waals surface area contributed by atoms with Crippen LogP contribution in [0.1, 0.15) is 271 Å². The molecule has 0 aliphatic carbocycles. The summed E-state index contributed by atoms with van der Waals surface area (Å²) in [6.07, 6.45) is 56.0. The van der Waals surface area contributed by atoms with Crippen molar-refractivity contribution in [2.24, 2.45) is 0 Å². The molecule has 6 heteroatoms. The van der Waals surface area contributed by atoms with Gasteiger partial charge in [-0.25, -0.2) is 0 Å². The Morgan fingerprint density at radius 3 is 1.22 bits per heavy atom. The molecule has 0 aromatic heterocycles. The standard InChI is InChI=1S/C52H99NO5/c1-3-5-7-9-11-13-15-24-28-32-36-40-44-50(55)49(48-54)53-51(56)45-41-37-33-29-25-22-20-18-17-19-21-23-27-31-35-39-43-47-58-52(57)46-42-38-34-30-26-16-14-12-10-8-6-4-2/h17,19,40,44,49-50,54-55H,3-16,18,20-39,41-43,45-48H2,1-2H3,(H,53,56)/b19-17-,44-40+. The third-order valence-corrected chi connectivity index (χ3v) is 11.7. The summed E-state index contributed by atoms with van der Waals surface area (Å²) in [6.45, 7) is 4.87. The third-order valence-electron chi connectivity index (χ3n) is 11.7. The van der Waals surface area contributed by atoms with Gasteiger partial charge in [-0.05, 0) is 57.8 Å². The van der Waals surface area contributed by atoms with E-state index in [1.165, 1.54) is 186 Å². The predicted octanol–water partition coefficient (Wildman–Crippen LogP) is 15.1. The van der Waals surface area contributed by atoms with Crippen LogP contribution in [0, 0.1) is 0 Å². The van der Waals surface area contributed by atoms with E-state index < -0.39 is 12.1 Å². The van der Waals surface area contributed by atoms with Crippen molar-refractivity contribution in [2.45, 2.75) is 283 Å². The molecule has 0 aromatic rings. The molecule has 58 heavy (non-hydrogen) atoms. The SMILES string of the molecule is CCCCCCCCCCCC/C=C/C(O)C(CO)NC(=O)CCCCCCCCC/C=C\CCCCCCCCOC(=O)CCCCCCCCCCCCCC. The minimum Gasteiger partial charge on any atom is -0.466 e. The van der Waals surface area contributed by atoms with Crippen molar-refractivity contribution in [3.8, 4) is 0 Å². The Labute approximate surface area is 361 Å². The molecule has 342 valence electrons. The predicted molar refractivity (Wildman–Crippen MR) is 250 cm³/mol. The average Bonchev–Trinajstić information content (AvgIpc) is 3.22. The van der Waals surface area contributed by atoms with Crippen LogP contribution in [0.2, 0.25) is 0 Å². The van der Waals surface area contributed by atoms with Crippen molar-refractivity contribution in [1.82, 2.24) is 5.32 Å².